The lowest BCUT2D eigenvalue weighted by Crippen LogP contribution is -2.27. The molecule has 3 heteroatoms. The smallest absolute Gasteiger partial charge is 0.0534 e. The molecule has 1 aromatic carbocycles. The summed E-state index contributed by atoms with van der Waals surface area (Å²) in [6.07, 6.45) is 50.4. The normalized spacial score (nSPS) is 28.6. The van der Waals surface area contributed by atoms with Crippen LogP contribution in [0.3, 0.4) is 0 Å². The standard InChI is InChI=1S/C56H63N3/c1-6-57-34-32-46-44-19-11-13-21-49(44)55(2,3)51(46)33-35-58(42-29-30-45-43-18-10-14-22-50(43)56(4,5)52(45)37-42)40-27-24-38(25-28-40)39-26-31-54-48(36-39)47-20-12-15-23-53(47)59(54)41-16-8-7-9-17-41/h7-8,10,12-16,18,20-24,27-29,32-33,36-38,43,45,50,57H,6,9,11,17,19,25-26,30-31,34-35H2,1-5H3/b46-32-,51-33+. The number of nitrogens with zero attached hydrogens (tertiary/aromatic N) is 2. The minimum atomic E-state index is -0.0240. The zero-order valence-corrected chi connectivity index (χ0v) is 36.1. The highest BCUT2D eigenvalue weighted by atomic mass is 15.1. The first-order valence-electron chi connectivity index (χ1n) is 22.9. The number of allylic oxidation sites excluding steroid dienone is 21. The Labute approximate surface area is 353 Å². The van der Waals surface area contributed by atoms with Gasteiger partial charge in [-0.2, -0.15) is 0 Å². The number of benzene rings is 1. The molecule has 4 atom stereocenters. The van der Waals surface area contributed by atoms with Crippen LogP contribution < -0.4 is 5.32 Å². The van der Waals surface area contributed by atoms with Crippen LogP contribution in [0, 0.1) is 34.5 Å². The lowest BCUT2D eigenvalue weighted by Gasteiger charge is -2.35. The van der Waals surface area contributed by atoms with E-state index in [1.54, 1.807) is 16.7 Å². The molecule has 1 saturated carbocycles. The van der Waals surface area contributed by atoms with Crippen molar-refractivity contribution in [2.24, 2.45) is 34.5 Å². The first-order chi connectivity index (χ1) is 28.8. The van der Waals surface area contributed by atoms with Gasteiger partial charge in [-0.1, -0.05) is 149 Å². The molecule has 8 aliphatic rings. The molecular weight excluding hydrogens is 715 g/mol. The van der Waals surface area contributed by atoms with Gasteiger partial charge in [-0.05, 0) is 128 Å². The number of para-hydroxylation sites is 1. The maximum atomic E-state index is 3.59. The Kier molecular flexibility index (Phi) is 9.95. The molecule has 10 rings (SSSR count). The SMILES string of the molecule is CCNC/C=C1/C2=C(C=CCC2)C(C)(C)/C1=C/CN(C1=CCC(C2=Cc3c(n(C4=CC=CCC4)c4ccccc34)CC2)C=C1)C1=CCC2C(=C1)C(C)(C)C1C=CC=CC21. The van der Waals surface area contributed by atoms with E-state index in [0.717, 1.165) is 71.0 Å². The molecule has 3 nitrogen and oxygen atoms in total. The third kappa shape index (κ3) is 6.51. The molecular formula is C56H63N3. The number of nitrogens with one attached hydrogen (secondary N) is 1. The average Bonchev–Trinajstić information content (AvgIpc) is 3.80. The third-order valence-corrected chi connectivity index (χ3v) is 15.3. The molecule has 0 amide bonds. The first kappa shape index (κ1) is 38.3. The third-order valence-electron chi connectivity index (χ3n) is 15.3. The topological polar surface area (TPSA) is 20.2 Å². The van der Waals surface area contributed by atoms with Crippen LogP contribution in [0.4, 0.5) is 0 Å². The summed E-state index contributed by atoms with van der Waals surface area (Å²) in [4.78, 5) is 2.66. The predicted molar refractivity (Wildman–Crippen MR) is 250 cm³/mol. The first-order valence-corrected chi connectivity index (χ1v) is 22.9. The van der Waals surface area contributed by atoms with E-state index in [2.05, 4.69) is 177 Å². The van der Waals surface area contributed by atoms with Gasteiger partial charge < -0.3 is 14.8 Å². The van der Waals surface area contributed by atoms with Crippen LogP contribution in [0.25, 0.3) is 22.7 Å². The van der Waals surface area contributed by atoms with Crippen molar-refractivity contribution in [3.63, 3.8) is 0 Å². The molecule has 4 unspecified atom stereocenters. The lowest BCUT2D eigenvalue weighted by molar-refractivity contribution is 0.321. The minimum Gasteiger partial charge on any atom is -0.338 e. The minimum absolute atomic E-state index is 0.0240. The number of likely N-dealkylation sites (N-methyl/N-ethyl adjacent to an activating group) is 1. The second kappa shape index (κ2) is 15.3. The number of aromatic nitrogens is 1. The van der Waals surface area contributed by atoms with Crippen LogP contribution in [0.5, 0.6) is 0 Å². The molecule has 8 aliphatic carbocycles. The van der Waals surface area contributed by atoms with Crippen molar-refractivity contribution in [3.05, 3.63) is 178 Å². The van der Waals surface area contributed by atoms with Crippen molar-refractivity contribution in [2.75, 3.05) is 19.6 Å². The molecule has 0 radical (unpaired) electrons. The summed E-state index contributed by atoms with van der Waals surface area (Å²) in [5.74, 6) is 2.15. The molecule has 302 valence electrons. The zero-order valence-electron chi connectivity index (χ0n) is 36.1. The fourth-order valence-electron chi connectivity index (χ4n) is 12.2. The van der Waals surface area contributed by atoms with Gasteiger partial charge in [0.1, 0.15) is 0 Å². The van der Waals surface area contributed by atoms with E-state index in [-0.39, 0.29) is 10.8 Å². The van der Waals surface area contributed by atoms with Crippen LogP contribution >= 0.6 is 0 Å². The Morgan fingerprint density at radius 2 is 1.69 bits per heavy atom. The Morgan fingerprint density at radius 1 is 0.847 bits per heavy atom. The molecule has 1 fully saturated rings. The van der Waals surface area contributed by atoms with Crippen LogP contribution in [0.1, 0.15) is 90.8 Å². The Balaban J connectivity index is 0.990. The molecule has 2 aromatic rings. The van der Waals surface area contributed by atoms with E-state index in [1.165, 1.54) is 56.0 Å². The van der Waals surface area contributed by atoms with Gasteiger partial charge in [0, 0.05) is 58.2 Å². The molecule has 1 aromatic heterocycles. The van der Waals surface area contributed by atoms with Crippen molar-refractivity contribution in [3.8, 4) is 0 Å². The van der Waals surface area contributed by atoms with Gasteiger partial charge >= 0.3 is 0 Å². The molecule has 59 heavy (non-hydrogen) atoms. The summed E-state index contributed by atoms with van der Waals surface area (Å²) in [7, 11) is 0. The monoisotopic (exact) mass is 778 g/mol. The Bertz CT molecular complexity index is 2480. The summed E-state index contributed by atoms with van der Waals surface area (Å²) >= 11 is 0. The maximum Gasteiger partial charge on any atom is 0.0534 e. The summed E-state index contributed by atoms with van der Waals surface area (Å²) in [6, 6.07) is 9.07. The van der Waals surface area contributed by atoms with Crippen LogP contribution in [0.15, 0.2) is 166 Å². The average molecular weight is 778 g/mol. The quantitative estimate of drug-likeness (QED) is 0.256. The van der Waals surface area contributed by atoms with Crippen molar-refractivity contribution < 1.29 is 0 Å². The largest absolute Gasteiger partial charge is 0.338 e. The van der Waals surface area contributed by atoms with Crippen molar-refractivity contribution >= 4 is 22.7 Å². The maximum absolute atomic E-state index is 3.59. The number of hydrogen-bond donors (Lipinski definition) is 1. The molecule has 0 saturated heterocycles. The van der Waals surface area contributed by atoms with Gasteiger partial charge in [0.15, 0.2) is 0 Å². The summed E-state index contributed by atoms with van der Waals surface area (Å²) in [6.45, 7) is 14.8. The molecule has 1 N–H and O–H groups in total. The van der Waals surface area contributed by atoms with Crippen molar-refractivity contribution in [1.82, 2.24) is 14.8 Å². The van der Waals surface area contributed by atoms with Crippen molar-refractivity contribution in [1.29, 1.82) is 0 Å². The lowest BCUT2D eigenvalue weighted by atomic mass is 9.75. The second-order valence-corrected chi connectivity index (χ2v) is 19.2. The van der Waals surface area contributed by atoms with Crippen molar-refractivity contribution in [2.45, 2.75) is 86.0 Å². The second-order valence-electron chi connectivity index (χ2n) is 19.2. The number of hydrogen-bond acceptors (Lipinski definition) is 2. The molecule has 1 heterocycles. The van der Waals surface area contributed by atoms with E-state index in [4.69, 9.17) is 0 Å². The highest BCUT2D eigenvalue weighted by molar-refractivity contribution is 5.95. The van der Waals surface area contributed by atoms with E-state index in [1.807, 2.05) is 0 Å². The number of fused-ring (bicyclic) bond motifs is 6. The summed E-state index contributed by atoms with van der Waals surface area (Å²) in [5, 5.41) is 4.98. The van der Waals surface area contributed by atoms with E-state index >= 15 is 0 Å². The van der Waals surface area contributed by atoms with Gasteiger partial charge in [-0.15, -0.1) is 0 Å². The molecule has 0 aliphatic heterocycles. The van der Waals surface area contributed by atoms with Gasteiger partial charge in [-0.3, -0.25) is 0 Å². The van der Waals surface area contributed by atoms with Crippen LogP contribution in [0.2, 0.25) is 0 Å². The number of rotatable bonds is 9. The fraction of sp³-hybridized carbons (Fsp3) is 0.393. The highest BCUT2D eigenvalue weighted by Crippen LogP contribution is 2.59. The van der Waals surface area contributed by atoms with Crippen LogP contribution in [-0.4, -0.2) is 29.1 Å². The molecule has 0 bridgehead atoms. The predicted octanol–water partition coefficient (Wildman–Crippen LogP) is 13.3. The fourth-order valence-corrected chi connectivity index (χ4v) is 12.2. The summed E-state index contributed by atoms with van der Waals surface area (Å²) < 4.78 is 2.58. The van der Waals surface area contributed by atoms with E-state index < -0.39 is 0 Å². The van der Waals surface area contributed by atoms with E-state index in [0.29, 0.717) is 23.7 Å². The van der Waals surface area contributed by atoms with Gasteiger partial charge in [0.05, 0.1) is 5.52 Å². The summed E-state index contributed by atoms with van der Waals surface area (Å²) in [5.41, 5.74) is 17.8. The Hall–Kier alpha value is -4.86. The van der Waals surface area contributed by atoms with Gasteiger partial charge in [0.25, 0.3) is 0 Å². The van der Waals surface area contributed by atoms with Gasteiger partial charge in [-0.25, -0.2) is 0 Å². The zero-order chi connectivity index (χ0) is 40.3. The van der Waals surface area contributed by atoms with Crippen LogP contribution in [-0.2, 0) is 6.42 Å². The Morgan fingerprint density at radius 3 is 2.53 bits per heavy atom. The van der Waals surface area contributed by atoms with Gasteiger partial charge in [0.2, 0.25) is 0 Å². The highest BCUT2D eigenvalue weighted by Gasteiger charge is 2.50. The van der Waals surface area contributed by atoms with E-state index in [9.17, 15) is 0 Å². The molecule has 0 spiro atoms.